The van der Waals surface area contributed by atoms with E-state index in [0.717, 1.165) is 22.7 Å². The van der Waals surface area contributed by atoms with Crippen molar-refractivity contribution in [2.75, 3.05) is 24.5 Å². The van der Waals surface area contributed by atoms with Gasteiger partial charge in [-0.1, -0.05) is 62.2 Å². The number of carbonyl (C=O) groups excluding carboxylic acids is 2. The second-order valence-electron chi connectivity index (χ2n) is 9.24. The van der Waals surface area contributed by atoms with E-state index in [-0.39, 0.29) is 17.3 Å². The largest absolute Gasteiger partial charge is 0.497 e. The second kappa shape index (κ2) is 14.7. The minimum Gasteiger partial charge on any atom is -0.497 e. The molecule has 3 rings (SSSR count). The SMILES string of the molecule is CCCCNC(=O)C(CC)N(Cc1ccc(OC)cc1)C(=O)CN(c1ccccc1)S(=O)(=O)c1ccc(Cl)cc1. The average Bonchev–Trinajstić information content (AvgIpc) is 2.96. The maximum absolute atomic E-state index is 14.0. The molecule has 1 unspecified atom stereocenters. The summed E-state index contributed by atoms with van der Waals surface area (Å²) in [5.74, 6) is -0.116. The lowest BCUT2D eigenvalue weighted by Gasteiger charge is -2.33. The van der Waals surface area contributed by atoms with Crippen molar-refractivity contribution in [2.45, 2.75) is 50.6 Å². The molecule has 0 bridgehead atoms. The molecule has 0 aromatic heterocycles. The number of nitrogens with one attached hydrogen (secondary N) is 1. The zero-order chi connectivity index (χ0) is 29.1. The molecule has 2 amide bonds. The smallest absolute Gasteiger partial charge is 0.264 e. The number of para-hydroxylation sites is 1. The number of rotatable bonds is 14. The second-order valence-corrected chi connectivity index (χ2v) is 11.5. The van der Waals surface area contributed by atoms with Crippen LogP contribution in [0.5, 0.6) is 5.75 Å². The van der Waals surface area contributed by atoms with E-state index in [9.17, 15) is 18.0 Å². The van der Waals surface area contributed by atoms with Crippen molar-refractivity contribution in [2.24, 2.45) is 0 Å². The highest BCUT2D eigenvalue weighted by atomic mass is 35.5. The number of ether oxygens (including phenoxy) is 1. The Bertz CT molecular complexity index is 1350. The molecule has 0 spiro atoms. The Labute approximate surface area is 241 Å². The van der Waals surface area contributed by atoms with Gasteiger partial charge in [-0.3, -0.25) is 13.9 Å². The van der Waals surface area contributed by atoms with Gasteiger partial charge in [0.15, 0.2) is 0 Å². The molecular formula is C30H36ClN3O5S. The Morgan fingerprint density at radius 3 is 2.17 bits per heavy atom. The third kappa shape index (κ3) is 7.99. The molecule has 0 aliphatic heterocycles. The van der Waals surface area contributed by atoms with Crippen LogP contribution in [0.25, 0.3) is 0 Å². The zero-order valence-corrected chi connectivity index (χ0v) is 24.6. The van der Waals surface area contributed by atoms with Gasteiger partial charge in [0.05, 0.1) is 17.7 Å². The summed E-state index contributed by atoms with van der Waals surface area (Å²) < 4.78 is 33.9. The number of anilines is 1. The van der Waals surface area contributed by atoms with Crippen molar-refractivity contribution in [3.8, 4) is 5.75 Å². The van der Waals surface area contributed by atoms with Crippen LogP contribution in [0.3, 0.4) is 0 Å². The minimum atomic E-state index is -4.14. The molecule has 3 aromatic carbocycles. The maximum atomic E-state index is 14.0. The minimum absolute atomic E-state index is 0.000363. The lowest BCUT2D eigenvalue weighted by molar-refractivity contribution is -0.140. The first-order valence-electron chi connectivity index (χ1n) is 13.2. The summed E-state index contributed by atoms with van der Waals surface area (Å²) in [5.41, 5.74) is 1.11. The third-order valence-corrected chi connectivity index (χ3v) is 8.49. The lowest BCUT2D eigenvalue weighted by Crippen LogP contribution is -2.52. The summed E-state index contributed by atoms with van der Waals surface area (Å²) in [7, 11) is -2.57. The molecule has 1 N–H and O–H groups in total. The average molecular weight is 586 g/mol. The molecule has 40 heavy (non-hydrogen) atoms. The predicted molar refractivity (Wildman–Crippen MR) is 158 cm³/mol. The maximum Gasteiger partial charge on any atom is 0.264 e. The van der Waals surface area contributed by atoms with Gasteiger partial charge >= 0.3 is 0 Å². The summed E-state index contributed by atoms with van der Waals surface area (Å²) >= 11 is 5.99. The van der Waals surface area contributed by atoms with Crippen LogP contribution in [0.15, 0.2) is 83.8 Å². The first kappa shape index (κ1) is 31.0. The van der Waals surface area contributed by atoms with Crippen LogP contribution in [-0.4, -0.2) is 51.4 Å². The van der Waals surface area contributed by atoms with Gasteiger partial charge in [0.25, 0.3) is 10.0 Å². The lowest BCUT2D eigenvalue weighted by atomic mass is 10.1. The van der Waals surface area contributed by atoms with E-state index >= 15 is 0 Å². The third-order valence-electron chi connectivity index (χ3n) is 6.45. The number of nitrogens with zero attached hydrogens (tertiary/aromatic N) is 2. The van der Waals surface area contributed by atoms with Gasteiger partial charge < -0.3 is 15.0 Å². The molecule has 1 atom stereocenters. The van der Waals surface area contributed by atoms with Crippen molar-refractivity contribution < 1.29 is 22.7 Å². The summed E-state index contributed by atoms with van der Waals surface area (Å²) in [6.45, 7) is 3.98. The fourth-order valence-corrected chi connectivity index (χ4v) is 5.75. The number of hydrogen-bond donors (Lipinski definition) is 1. The highest BCUT2D eigenvalue weighted by Gasteiger charge is 2.33. The quantitative estimate of drug-likeness (QED) is 0.260. The van der Waals surface area contributed by atoms with E-state index in [4.69, 9.17) is 16.3 Å². The van der Waals surface area contributed by atoms with Crippen molar-refractivity contribution in [1.82, 2.24) is 10.2 Å². The van der Waals surface area contributed by atoms with Crippen LogP contribution in [0.4, 0.5) is 5.69 Å². The fraction of sp³-hybridized carbons (Fsp3) is 0.333. The monoisotopic (exact) mass is 585 g/mol. The molecule has 0 fully saturated rings. The van der Waals surface area contributed by atoms with Crippen LogP contribution in [-0.2, 0) is 26.2 Å². The Morgan fingerprint density at radius 1 is 0.950 bits per heavy atom. The number of benzene rings is 3. The van der Waals surface area contributed by atoms with Crippen molar-refractivity contribution in [3.63, 3.8) is 0 Å². The Balaban J connectivity index is 2.00. The van der Waals surface area contributed by atoms with Crippen molar-refractivity contribution in [1.29, 1.82) is 0 Å². The first-order valence-corrected chi connectivity index (χ1v) is 15.1. The standard InChI is InChI=1S/C30H36ClN3O5S/c1-4-6-20-32-30(36)28(5-2)33(21-23-12-16-26(39-3)17-13-23)29(35)22-34(25-10-8-7-9-11-25)40(37,38)27-18-14-24(31)15-19-27/h7-19,28H,4-6,20-22H2,1-3H3,(H,32,36). The van der Waals surface area contributed by atoms with Crippen LogP contribution in [0.1, 0.15) is 38.7 Å². The van der Waals surface area contributed by atoms with Gasteiger partial charge in [-0.25, -0.2) is 8.42 Å². The van der Waals surface area contributed by atoms with E-state index < -0.39 is 28.5 Å². The highest BCUT2D eigenvalue weighted by molar-refractivity contribution is 7.92. The first-order chi connectivity index (χ1) is 19.2. The van der Waals surface area contributed by atoms with E-state index in [2.05, 4.69) is 5.32 Å². The van der Waals surface area contributed by atoms with Gasteiger partial charge in [0.2, 0.25) is 11.8 Å². The van der Waals surface area contributed by atoms with Crippen LogP contribution in [0, 0.1) is 0 Å². The highest BCUT2D eigenvalue weighted by Crippen LogP contribution is 2.26. The Morgan fingerprint density at radius 2 is 1.60 bits per heavy atom. The number of sulfonamides is 1. The van der Waals surface area contributed by atoms with Crippen LogP contribution in [0.2, 0.25) is 5.02 Å². The van der Waals surface area contributed by atoms with Crippen LogP contribution < -0.4 is 14.4 Å². The van der Waals surface area contributed by atoms with Gasteiger partial charge in [0.1, 0.15) is 18.3 Å². The Hall–Kier alpha value is -3.56. The summed E-state index contributed by atoms with van der Waals surface area (Å²) in [4.78, 5) is 28.7. The molecule has 3 aromatic rings. The van der Waals surface area contributed by atoms with E-state index in [1.165, 1.54) is 29.2 Å². The number of hydrogen-bond acceptors (Lipinski definition) is 5. The number of amides is 2. The van der Waals surface area contributed by atoms with Crippen molar-refractivity contribution >= 4 is 39.1 Å². The normalized spacial score (nSPS) is 11.9. The number of unbranched alkanes of at least 4 members (excludes halogenated alkanes) is 1. The van der Waals surface area contributed by atoms with Gasteiger partial charge in [-0.15, -0.1) is 0 Å². The molecule has 10 heteroatoms. The molecule has 0 radical (unpaired) electrons. The molecule has 8 nitrogen and oxygen atoms in total. The molecular weight excluding hydrogens is 550 g/mol. The van der Waals surface area contributed by atoms with Gasteiger partial charge in [0, 0.05) is 18.1 Å². The molecule has 0 saturated carbocycles. The molecule has 0 aliphatic rings. The molecule has 0 aliphatic carbocycles. The summed E-state index contributed by atoms with van der Waals surface area (Å²) in [6, 6.07) is 20.6. The molecule has 214 valence electrons. The van der Waals surface area contributed by atoms with Crippen LogP contribution >= 0.6 is 11.6 Å². The number of carbonyl (C=O) groups is 2. The number of halogens is 1. The van der Waals surface area contributed by atoms with Crippen molar-refractivity contribution in [3.05, 3.63) is 89.4 Å². The molecule has 0 saturated heterocycles. The zero-order valence-electron chi connectivity index (χ0n) is 23.0. The topological polar surface area (TPSA) is 96.0 Å². The Kier molecular flexibility index (Phi) is 11.4. The molecule has 0 heterocycles. The van der Waals surface area contributed by atoms with Gasteiger partial charge in [-0.05, 0) is 66.9 Å². The summed E-state index contributed by atoms with van der Waals surface area (Å²) in [6.07, 6.45) is 2.09. The van der Waals surface area contributed by atoms with Gasteiger partial charge in [-0.2, -0.15) is 0 Å². The predicted octanol–water partition coefficient (Wildman–Crippen LogP) is 5.27. The van der Waals surface area contributed by atoms with E-state index in [1.807, 2.05) is 26.0 Å². The fourth-order valence-electron chi connectivity index (χ4n) is 4.21. The number of methoxy groups -OCH3 is 1. The van der Waals surface area contributed by atoms with E-state index in [1.54, 1.807) is 49.6 Å². The summed E-state index contributed by atoms with van der Waals surface area (Å²) in [5, 5.41) is 3.32. The van der Waals surface area contributed by atoms with E-state index in [0.29, 0.717) is 29.4 Å².